The summed E-state index contributed by atoms with van der Waals surface area (Å²) in [4.78, 5) is 40.3. The van der Waals surface area contributed by atoms with Crippen LogP contribution in [0.15, 0.2) is 36.4 Å². The van der Waals surface area contributed by atoms with Crippen molar-refractivity contribution < 1.29 is 18.8 Å². The number of likely N-dealkylation sites (tertiary alicyclic amines) is 1. The van der Waals surface area contributed by atoms with Crippen LogP contribution in [0.1, 0.15) is 54.7 Å². The van der Waals surface area contributed by atoms with E-state index in [2.05, 4.69) is 0 Å². The maximum absolute atomic E-state index is 13.3. The topological polar surface area (TPSA) is 78.2 Å². The lowest BCUT2D eigenvalue weighted by atomic mass is 9.62. The van der Waals surface area contributed by atoms with Crippen LogP contribution < -0.4 is 0 Å². The van der Waals surface area contributed by atoms with E-state index in [0.29, 0.717) is 38.8 Å². The van der Waals surface area contributed by atoms with Crippen molar-refractivity contribution in [2.75, 3.05) is 13.1 Å². The molecule has 2 aliphatic rings. The molecule has 1 saturated carbocycles. The Morgan fingerprint density at radius 2 is 1.58 bits per heavy atom. The molecule has 0 radical (unpaired) electrons. The quantitative estimate of drug-likeness (QED) is 0.643. The molecule has 5 nitrogen and oxygen atoms in total. The van der Waals surface area contributed by atoms with Crippen LogP contribution in [-0.2, 0) is 14.4 Å². The smallest absolute Gasteiger partial charge is 0.236 e. The van der Waals surface area contributed by atoms with Gasteiger partial charge in [-0.2, -0.15) is 5.26 Å². The Bertz CT molecular complexity index is 1110. The first kappa shape index (κ1) is 22.8. The Morgan fingerprint density at radius 1 is 1.03 bits per heavy atom. The summed E-state index contributed by atoms with van der Waals surface area (Å²) in [5.74, 6) is -1.34. The molecule has 0 N–H and O–H groups in total. The highest BCUT2D eigenvalue weighted by molar-refractivity contribution is 6.10. The molecule has 1 amide bonds. The number of nitriles is 1. The van der Waals surface area contributed by atoms with Crippen LogP contribution in [0.25, 0.3) is 11.1 Å². The minimum atomic E-state index is -0.754. The van der Waals surface area contributed by atoms with Crippen LogP contribution in [-0.4, -0.2) is 35.5 Å². The van der Waals surface area contributed by atoms with E-state index < -0.39 is 5.92 Å². The van der Waals surface area contributed by atoms with Gasteiger partial charge >= 0.3 is 0 Å². The van der Waals surface area contributed by atoms with Crippen molar-refractivity contribution in [3.63, 3.8) is 0 Å². The second-order valence-electron chi connectivity index (χ2n) is 9.47. The Labute approximate surface area is 193 Å². The molecule has 0 atom stereocenters. The van der Waals surface area contributed by atoms with Gasteiger partial charge in [0, 0.05) is 25.9 Å². The third kappa shape index (κ3) is 4.45. The molecule has 1 saturated heterocycles. The van der Waals surface area contributed by atoms with E-state index in [1.54, 1.807) is 17.0 Å². The Balaban J connectivity index is 1.54. The molecular formula is C27H27FN2O3. The van der Waals surface area contributed by atoms with Gasteiger partial charge in [-0.05, 0) is 72.1 Å². The third-order valence-corrected chi connectivity index (χ3v) is 7.21. The van der Waals surface area contributed by atoms with E-state index in [-0.39, 0.29) is 35.1 Å². The molecule has 33 heavy (non-hydrogen) atoms. The summed E-state index contributed by atoms with van der Waals surface area (Å²) in [6.07, 6.45) is 1.75. The third-order valence-electron chi connectivity index (χ3n) is 7.21. The first-order chi connectivity index (χ1) is 15.7. The number of piperidine rings is 1. The highest BCUT2D eigenvalue weighted by Gasteiger charge is 2.47. The van der Waals surface area contributed by atoms with Crippen molar-refractivity contribution in [2.24, 2.45) is 5.41 Å². The zero-order valence-corrected chi connectivity index (χ0v) is 19.0. The summed E-state index contributed by atoms with van der Waals surface area (Å²) in [5, 5.41) is 8.75. The number of Topliss-reactive ketones (excluding diaryl/α,β-unsaturated/α-hetero) is 2. The molecule has 6 heteroatoms. The Hall–Kier alpha value is -3.33. The number of benzene rings is 2. The van der Waals surface area contributed by atoms with Crippen LogP contribution >= 0.6 is 0 Å². The van der Waals surface area contributed by atoms with Crippen molar-refractivity contribution >= 4 is 17.5 Å². The average Bonchev–Trinajstić information content (AvgIpc) is 2.76. The summed E-state index contributed by atoms with van der Waals surface area (Å²) >= 11 is 0. The van der Waals surface area contributed by atoms with Gasteiger partial charge in [-0.1, -0.05) is 24.3 Å². The lowest BCUT2D eigenvalue weighted by Gasteiger charge is -2.44. The fraction of sp³-hybridized carbons (Fsp3) is 0.407. The number of hydrogen-bond acceptors (Lipinski definition) is 4. The van der Waals surface area contributed by atoms with Crippen molar-refractivity contribution in [1.82, 2.24) is 4.90 Å². The number of rotatable bonds is 3. The first-order valence-corrected chi connectivity index (χ1v) is 11.3. The molecule has 2 fully saturated rings. The molecule has 1 spiro atoms. The average molecular weight is 447 g/mol. The van der Waals surface area contributed by atoms with Gasteiger partial charge in [0.15, 0.2) is 0 Å². The Morgan fingerprint density at radius 3 is 2.09 bits per heavy atom. The van der Waals surface area contributed by atoms with Gasteiger partial charge < -0.3 is 4.90 Å². The molecule has 2 aromatic rings. The van der Waals surface area contributed by atoms with Crippen molar-refractivity contribution in [3.05, 3.63) is 58.9 Å². The number of halogens is 1. The van der Waals surface area contributed by atoms with Gasteiger partial charge in [0.2, 0.25) is 5.91 Å². The minimum absolute atomic E-state index is 0.0521. The fourth-order valence-electron chi connectivity index (χ4n) is 5.51. The van der Waals surface area contributed by atoms with Gasteiger partial charge in [0.25, 0.3) is 0 Å². The van der Waals surface area contributed by atoms with Crippen molar-refractivity contribution in [1.29, 1.82) is 5.26 Å². The second kappa shape index (κ2) is 8.90. The lowest BCUT2D eigenvalue weighted by molar-refractivity contribution is -0.140. The molecule has 170 valence electrons. The predicted octanol–water partition coefficient (Wildman–Crippen LogP) is 4.65. The fourth-order valence-corrected chi connectivity index (χ4v) is 5.51. The highest BCUT2D eigenvalue weighted by atomic mass is 19.1. The molecule has 1 aliphatic carbocycles. The monoisotopic (exact) mass is 446 g/mol. The van der Waals surface area contributed by atoms with E-state index in [4.69, 9.17) is 5.26 Å². The summed E-state index contributed by atoms with van der Waals surface area (Å²) in [6, 6.07) is 12.1. The molecule has 1 heterocycles. The van der Waals surface area contributed by atoms with Crippen LogP contribution in [0.3, 0.4) is 0 Å². The summed E-state index contributed by atoms with van der Waals surface area (Å²) in [7, 11) is 0. The van der Waals surface area contributed by atoms with E-state index in [9.17, 15) is 18.8 Å². The van der Waals surface area contributed by atoms with Gasteiger partial charge in [-0.3, -0.25) is 14.4 Å². The standard InChI is InChI=1S/C27H27FN2O3/c1-17-13-20(19-3-5-21(28)6-4-19)14-18(2)25(17)26-22(31)15-27(16-23(26)32)8-11-30(12-9-27)24(33)7-10-29/h3-6,13-14,26H,7-9,11-12,15-16H2,1-2H3. The molecule has 0 aromatic heterocycles. The number of nitrogens with zero attached hydrogens (tertiary/aromatic N) is 2. The van der Waals surface area contributed by atoms with Crippen LogP contribution in [0.4, 0.5) is 4.39 Å². The van der Waals surface area contributed by atoms with E-state index in [0.717, 1.165) is 27.8 Å². The van der Waals surface area contributed by atoms with Gasteiger partial charge in [-0.15, -0.1) is 0 Å². The molecule has 0 bridgehead atoms. The van der Waals surface area contributed by atoms with Gasteiger partial charge in [-0.25, -0.2) is 4.39 Å². The largest absolute Gasteiger partial charge is 0.342 e. The molecule has 4 rings (SSSR count). The zero-order valence-electron chi connectivity index (χ0n) is 19.0. The van der Waals surface area contributed by atoms with Crippen LogP contribution in [0.5, 0.6) is 0 Å². The lowest BCUT2D eigenvalue weighted by Crippen LogP contribution is -2.48. The minimum Gasteiger partial charge on any atom is -0.342 e. The number of hydrogen-bond donors (Lipinski definition) is 0. The molecule has 0 unspecified atom stereocenters. The number of ketones is 2. The van der Waals surface area contributed by atoms with Crippen molar-refractivity contribution in [2.45, 2.75) is 51.9 Å². The summed E-state index contributed by atoms with van der Waals surface area (Å²) in [5.41, 5.74) is 3.97. The molecular weight excluding hydrogens is 419 g/mol. The SMILES string of the molecule is Cc1cc(-c2ccc(F)cc2)cc(C)c1C1C(=O)CC2(CCN(C(=O)CC#N)CC2)CC1=O. The van der Waals surface area contributed by atoms with Crippen molar-refractivity contribution in [3.8, 4) is 17.2 Å². The Kier molecular flexibility index (Phi) is 6.16. The highest BCUT2D eigenvalue weighted by Crippen LogP contribution is 2.47. The summed E-state index contributed by atoms with van der Waals surface area (Å²) < 4.78 is 13.3. The number of carbonyl (C=O) groups is 3. The zero-order chi connectivity index (χ0) is 23.8. The molecule has 2 aromatic carbocycles. The maximum Gasteiger partial charge on any atom is 0.236 e. The predicted molar refractivity (Wildman–Crippen MR) is 122 cm³/mol. The van der Waals surface area contributed by atoms with Gasteiger partial charge in [0.05, 0.1) is 6.07 Å². The normalized spacial score (nSPS) is 18.4. The van der Waals surface area contributed by atoms with E-state index >= 15 is 0 Å². The molecule has 1 aliphatic heterocycles. The number of amides is 1. The van der Waals surface area contributed by atoms with Gasteiger partial charge in [0.1, 0.15) is 29.7 Å². The number of carbonyl (C=O) groups excluding carboxylic acids is 3. The van der Waals surface area contributed by atoms with E-state index in [1.807, 2.05) is 32.0 Å². The second-order valence-corrected chi connectivity index (χ2v) is 9.47. The maximum atomic E-state index is 13.3. The van der Waals surface area contributed by atoms with Crippen LogP contribution in [0.2, 0.25) is 0 Å². The van der Waals surface area contributed by atoms with E-state index in [1.165, 1.54) is 12.1 Å². The first-order valence-electron chi connectivity index (χ1n) is 11.3. The summed E-state index contributed by atoms with van der Waals surface area (Å²) in [6.45, 7) is 4.80. The number of aryl methyl sites for hydroxylation is 2. The van der Waals surface area contributed by atoms with Crippen LogP contribution in [0, 0.1) is 36.4 Å².